The van der Waals surface area contributed by atoms with Gasteiger partial charge in [-0.05, 0) is 17.2 Å². The molecule has 3 aliphatic heterocycles. The normalized spacial score (nSPS) is 29.8. The molecule has 3 atom stereocenters. The molecule has 4 nitrogen and oxygen atoms in total. The minimum atomic E-state index is 0.409. The molecule has 2 aromatic rings. The Morgan fingerprint density at radius 3 is 2.29 bits per heavy atom. The van der Waals surface area contributed by atoms with Gasteiger partial charge in [-0.15, -0.1) is 0 Å². The highest BCUT2D eigenvalue weighted by Crippen LogP contribution is 2.33. The Morgan fingerprint density at radius 1 is 0.905 bits per heavy atom. The SMILES string of the molecule is c1cc(CC2CO2)c2c(CC3CO3)c(CC3CO3)[nH]c2c1. The average molecular weight is 285 g/mol. The Balaban J connectivity index is 1.60. The summed E-state index contributed by atoms with van der Waals surface area (Å²) in [5.41, 5.74) is 5.44. The van der Waals surface area contributed by atoms with Gasteiger partial charge in [0.05, 0.1) is 38.1 Å². The fourth-order valence-electron chi connectivity index (χ4n) is 3.28. The van der Waals surface area contributed by atoms with E-state index in [4.69, 9.17) is 14.2 Å². The van der Waals surface area contributed by atoms with E-state index in [0.29, 0.717) is 18.3 Å². The Labute approximate surface area is 123 Å². The van der Waals surface area contributed by atoms with E-state index in [1.165, 1.54) is 27.7 Å². The number of fused-ring (bicyclic) bond motifs is 1. The number of ether oxygens (including phenoxy) is 3. The number of hydrogen-bond acceptors (Lipinski definition) is 3. The van der Waals surface area contributed by atoms with Gasteiger partial charge >= 0.3 is 0 Å². The molecule has 3 saturated heterocycles. The van der Waals surface area contributed by atoms with Crippen LogP contribution >= 0.6 is 0 Å². The van der Waals surface area contributed by atoms with E-state index < -0.39 is 0 Å². The summed E-state index contributed by atoms with van der Waals surface area (Å²) in [4.78, 5) is 3.63. The minimum absolute atomic E-state index is 0.409. The molecule has 1 N–H and O–H groups in total. The molecule has 0 bridgehead atoms. The van der Waals surface area contributed by atoms with Crippen molar-refractivity contribution >= 4 is 10.9 Å². The first kappa shape index (κ1) is 12.2. The third-order valence-corrected chi connectivity index (χ3v) is 4.62. The van der Waals surface area contributed by atoms with Crippen LogP contribution < -0.4 is 0 Å². The summed E-state index contributed by atoms with van der Waals surface area (Å²) in [5, 5.41) is 1.40. The van der Waals surface area contributed by atoms with Crippen LogP contribution in [-0.2, 0) is 33.5 Å². The van der Waals surface area contributed by atoms with Crippen molar-refractivity contribution in [2.24, 2.45) is 0 Å². The van der Waals surface area contributed by atoms with Gasteiger partial charge in [-0.1, -0.05) is 12.1 Å². The topological polar surface area (TPSA) is 53.4 Å². The number of H-pyrrole nitrogens is 1. The van der Waals surface area contributed by atoms with Crippen molar-refractivity contribution < 1.29 is 14.2 Å². The first-order chi connectivity index (χ1) is 10.4. The van der Waals surface area contributed by atoms with Crippen LogP contribution in [0.4, 0.5) is 0 Å². The maximum absolute atomic E-state index is 5.47. The summed E-state index contributed by atoms with van der Waals surface area (Å²) in [5.74, 6) is 0. The molecule has 0 saturated carbocycles. The molecule has 0 aliphatic carbocycles. The summed E-state index contributed by atoms with van der Waals surface area (Å²) >= 11 is 0. The Hall–Kier alpha value is -1.36. The van der Waals surface area contributed by atoms with Gasteiger partial charge in [0.25, 0.3) is 0 Å². The van der Waals surface area contributed by atoms with E-state index in [2.05, 4.69) is 23.2 Å². The van der Waals surface area contributed by atoms with E-state index >= 15 is 0 Å². The number of aromatic amines is 1. The van der Waals surface area contributed by atoms with Crippen LogP contribution in [0, 0.1) is 0 Å². The van der Waals surface area contributed by atoms with Crippen LogP contribution in [0.15, 0.2) is 18.2 Å². The van der Waals surface area contributed by atoms with Crippen LogP contribution in [-0.4, -0.2) is 43.1 Å². The molecule has 3 aliphatic rings. The van der Waals surface area contributed by atoms with Crippen molar-refractivity contribution in [2.75, 3.05) is 19.8 Å². The molecule has 110 valence electrons. The zero-order valence-corrected chi connectivity index (χ0v) is 11.9. The van der Waals surface area contributed by atoms with Gasteiger partial charge in [0.15, 0.2) is 0 Å². The van der Waals surface area contributed by atoms with Crippen LogP contribution in [0.3, 0.4) is 0 Å². The lowest BCUT2D eigenvalue weighted by molar-refractivity contribution is 0.401. The lowest BCUT2D eigenvalue weighted by Gasteiger charge is -2.06. The quantitative estimate of drug-likeness (QED) is 0.826. The molecule has 1 aromatic carbocycles. The summed E-state index contributed by atoms with van der Waals surface area (Å²) < 4.78 is 16.3. The maximum atomic E-state index is 5.47. The molecule has 21 heavy (non-hydrogen) atoms. The molecular formula is C17H19NO3. The highest BCUT2D eigenvalue weighted by Gasteiger charge is 2.31. The fraction of sp³-hybridized carbons (Fsp3) is 0.529. The first-order valence-corrected chi connectivity index (χ1v) is 7.83. The zero-order chi connectivity index (χ0) is 13.8. The molecule has 3 unspecified atom stereocenters. The van der Waals surface area contributed by atoms with Crippen LogP contribution in [0.1, 0.15) is 16.8 Å². The standard InChI is InChI=1S/C17H19NO3/c1-2-10(4-11-7-19-11)17-14(5-12-8-20-12)16(6-13-9-21-13)18-15(17)3-1/h1-3,11-13,18H,4-9H2. The molecule has 0 amide bonds. The summed E-state index contributed by atoms with van der Waals surface area (Å²) in [6.07, 6.45) is 4.28. The average Bonchev–Trinajstić information content (AvgIpc) is 3.30. The molecule has 1 aromatic heterocycles. The molecule has 4 heterocycles. The van der Waals surface area contributed by atoms with Crippen LogP contribution in [0.25, 0.3) is 10.9 Å². The van der Waals surface area contributed by atoms with E-state index in [1.54, 1.807) is 0 Å². The van der Waals surface area contributed by atoms with Gasteiger partial charge in [0.1, 0.15) is 0 Å². The molecular weight excluding hydrogens is 266 g/mol. The highest BCUT2D eigenvalue weighted by molar-refractivity contribution is 5.88. The summed E-state index contributed by atoms with van der Waals surface area (Å²) in [6.45, 7) is 2.71. The van der Waals surface area contributed by atoms with Gasteiger partial charge in [0, 0.05) is 35.9 Å². The summed E-state index contributed by atoms with van der Waals surface area (Å²) in [6, 6.07) is 6.57. The second-order valence-electron chi connectivity index (χ2n) is 6.40. The van der Waals surface area contributed by atoms with Crippen molar-refractivity contribution in [1.82, 2.24) is 4.98 Å². The Kier molecular flexibility index (Phi) is 2.66. The third kappa shape index (κ3) is 2.48. The molecule has 3 fully saturated rings. The molecule has 0 spiro atoms. The van der Waals surface area contributed by atoms with Gasteiger partial charge in [-0.2, -0.15) is 0 Å². The van der Waals surface area contributed by atoms with E-state index in [9.17, 15) is 0 Å². The first-order valence-electron chi connectivity index (χ1n) is 7.83. The Bertz CT molecular complexity index is 681. The lowest BCUT2D eigenvalue weighted by Crippen LogP contribution is -2.02. The van der Waals surface area contributed by atoms with Crippen molar-refractivity contribution in [2.45, 2.75) is 37.6 Å². The smallest absolute Gasteiger partial charge is 0.0864 e. The molecule has 0 radical (unpaired) electrons. The Morgan fingerprint density at radius 2 is 1.57 bits per heavy atom. The second-order valence-corrected chi connectivity index (χ2v) is 6.40. The molecule has 4 heteroatoms. The van der Waals surface area contributed by atoms with Crippen LogP contribution in [0.5, 0.6) is 0 Å². The summed E-state index contributed by atoms with van der Waals surface area (Å²) in [7, 11) is 0. The van der Waals surface area contributed by atoms with Gasteiger partial charge in [-0.3, -0.25) is 0 Å². The predicted octanol–water partition coefficient (Wildman–Crippen LogP) is 1.99. The second kappa shape index (κ2) is 4.57. The zero-order valence-electron chi connectivity index (χ0n) is 11.9. The van der Waals surface area contributed by atoms with E-state index in [1.807, 2.05) is 0 Å². The minimum Gasteiger partial charge on any atom is -0.373 e. The van der Waals surface area contributed by atoms with Crippen molar-refractivity contribution in [3.8, 4) is 0 Å². The number of rotatable bonds is 6. The van der Waals surface area contributed by atoms with Gasteiger partial charge in [-0.25, -0.2) is 0 Å². The van der Waals surface area contributed by atoms with Gasteiger partial charge < -0.3 is 19.2 Å². The van der Waals surface area contributed by atoms with E-state index in [-0.39, 0.29) is 0 Å². The van der Waals surface area contributed by atoms with Crippen molar-refractivity contribution in [3.05, 3.63) is 35.0 Å². The number of benzene rings is 1. The number of aromatic nitrogens is 1. The fourth-order valence-corrected chi connectivity index (χ4v) is 3.28. The van der Waals surface area contributed by atoms with Crippen molar-refractivity contribution in [3.63, 3.8) is 0 Å². The van der Waals surface area contributed by atoms with E-state index in [0.717, 1.165) is 39.1 Å². The number of nitrogens with one attached hydrogen (secondary N) is 1. The largest absolute Gasteiger partial charge is 0.373 e. The van der Waals surface area contributed by atoms with Crippen molar-refractivity contribution in [1.29, 1.82) is 0 Å². The highest BCUT2D eigenvalue weighted by atomic mass is 16.6. The maximum Gasteiger partial charge on any atom is 0.0864 e. The predicted molar refractivity (Wildman–Crippen MR) is 78.6 cm³/mol. The monoisotopic (exact) mass is 285 g/mol. The lowest BCUT2D eigenvalue weighted by atomic mass is 9.97. The number of epoxide rings is 3. The van der Waals surface area contributed by atoms with Crippen LogP contribution in [0.2, 0.25) is 0 Å². The third-order valence-electron chi connectivity index (χ3n) is 4.62. The molecule has 5 rings (SSSR count). The number of hydrogen-bond donors (Lipinski definition) is 1. The van der Waals surface area contributed by atoms with Gasteiger partial charge in [0.2, 0.25) is 0 Å².